The predicted molar refractivity (Wildman–Crippen MR) is 85.5 cm³/mol. The molecule has 1 N–H and O–H groups in total. The Morgan fingerprint density at radius 3 is 2.90 bits per heavy atom. The Hall–Kier alpha value is -1.39. The van der Waals surface area contributed by atoms with E-state index in [1.807, 2.05) is 0 Å². The zero-order chi connectivity index (χ0) is 14.5. The minimum Gasteiger partial charge on any atom is -0.383 e. The van der Waals surface area contributed by atoms with Crippen LogP contribution in [0.1, 0.15) is 25.1 Å². The van der Waals surface area contributed by atoms with Gasteiger partial charge in [0.1, 0.15) is 5.82 Å². The Kier molecular flexibility index (Phi) is 4.88. The highest BCUT2D eigenvalue weighted by molar-refractivity contribution is 5.75. The van der Waals surface area contributed by atoms with Gasteiger partial charge in [0, 0.05) is 20.1 Å². The van der Waals surface area contributed by atoms with Crippen molar-refractivity contribution in [2.75, 3.05) is 26.8 Å². The molecule has 4 nitrogen and oxygen atoms in total. The molecule has 2 heterocycles. The van der Waals surface area contributed by atoms with Crippen LogP contribution in [0.15, 0.2) is 24.3 Å². The van der Waals surface area contributed by atoms with Gasteiger partial charge >= 0.3 is 0 Å². The first-order chi connectivity index (χ1) is 10.4. The monoisotopic (exact) mass is 287 g/mol. The van der Waals surface area contributed by atoms with Crippen LogP contribution in [0.2, 0.25) is 0 Å². The SMILES string of the molecule is COCCn1c(CCC2CCNCC2)nc2ccccc21. The molecule has 2 aromatic rings. The Morgan fingerprint density at radius 1 is 1.29 bits per heavy atom. The molecule has 1 fully saturated rings. The second-order valence-electron chi connectivity index (χ2n) is 5.89. The molecule has 0 spiro atoms. The molecule has 3 rings (SSSR count). The predicted octanol–water partition coefficient (Wildman–Crippen LogP) is 2.61. The fraction of sp³-hybridized carbons (Fsp3) is 0.588. The summed E-state index contributed by atoms with van der Waals surface area (Å²) in [5.74, 6) is 2.06. The quantitative estimate of drug-likeness (QED) is 0.887. The maximum absolute atomic E-state index is 5.26. The number of methoxy groups -OCH3 is 1. The van der Waals surface area contributed by atoms with Gasteiger partial charge in [0.2, 0.25) is 0 Å². The Bertz CT molecular complexity index is 572. The number of piperidine rings is 1. The van der Waals surface area contributed by atoms with Crippen molar-refractivity contribution in [3.05, 3.63) is 30.1 Å². The molecule has 1 aliphatic heterocycles. The maximum atomic E-state index is 5.26. The van der Waals surface area contributed by atoms with Gasteiger partial charge in [0.05, 0.1) is 17.6 Å². The highest BCUT2D eigenvalue weighted by atomic mass is 16.5. The minimum atomic E-state index is 0.737. The molecule has 1 saturated heterocycles. The third kappa shape index (κ3) is 3.44. The van der Waals surface area contributed by atoms with Crippen LogP contribution in [0.25, 0.3) is 11.0 Å². The van der Waals surface area contributed by atoms with Crippen LogP contribution in [0.3, 0.4) is 0 Å². The molecule has 0 saturated carbocycles. The van der Waals surface area contributed by atoms with E-state index in [2.05, 4.69) is 34.1 Å². The van der Waals surface area contributed by atoms with Crippen molar-refractivity contribution >= 4 is 11.0 Å². The van der Waals surface area contributed by atoms with Gasteiger partial charge in [-0.3, -0.25) is 0 Å². The number of aromatic nitrogens is 2. The molecule has 1 aromatic carbocycles. The van der Waals surface area contributed by atoms with E-state index in [0.29, 0.717) is 0 Å². The smallest absolute Gasteiger partial charge is 0.109 e. The van der Waals surface area contributed by atoms with E-state index in [4.69, 9.17) is 9.72 Å². The number of imidazole rings is 1. The number of ether oxygens (including phenoxy) is 1. The van der Waals surface area contributed by atoms with Crippen LogP contribution < -0.4 is 5.32 Å². The summed E-state index contributed by atoms with van der Waals surface area (Å²) in [5.41, 5.74) is 2.34. The summed E-state index contributed by atoms with van der Waals surface area (Å²) >= 11 is 0. The summed E-state index contributed by atoms with van der Waals surface area (Å²) in [7, 11) is 1.76. The first-order valence-electron chi connectivity index (χ1n) is 8.02. The van der Waals surface area contributed by atoms with Gasteiger partial charge in [-0.25, -0.2) is 4.98 Å². The molecule has 21 heavy (non-hydrogen) atoms. The fourth-order valence-corrected chi connectivity index (χ4v) is 3.25. The van der Waals surface area contributed by atoms with E-state index in [9.17, 15) is 0 Å². The van der Waals surface area contributed by atoms with E-state index in [-0.39, 0.29) is 0 Å². The van der Waals surface area contributed by atoms with Crippen LogP contribution in [-0.4, -0.2) is 36.4 Å². The van der Waals surface area contributed by atoms with Gasteiger partial charge in [0.15, 0.2) is 0 Å². The molecule has 0 unspecified atom stereocenters. The first kappa shape index (κ1) is 14.5. The Balaban J connectivity index is 1.75. The lowest BCUT2D eigenvalue weighted by atomic mass is 9.93. The molecule has 114 valence electrons. The summed E-state index contributed by atoms with van der Waals surface area (Å²) in [5, 5.41) is 3.44. The third-order valence-corrected chi connectivity index (χ3v) is 4.49. The van der Waals surface area contributed by atoms with Crippen LogP contribution in [-0.2, 0) is 17.7 Å². The second-order valence-corrected chi connectivity index (χ2v) is 5.89. The van der Waals surface area contributed by atoms with E-state index < -0.39 is 0 Å². The molecule has 0 radical (unpaired) electrons. The second kappa shape index (κ2) is 7.05. The van der Waals surface area contributed by atoms with Crippen molar-refractivity contribution in [2.24, 2.45) is 5.92 Å². The number of fused-ring (bicyclic) bond motifs is 1. The van der Waals surface area contributed by atoms with Gasteiger partial charge in [-0.15, -0.1) is 0 Å². The Labute approximate surface area is 126 Å². The lowest BCUT2D eigenvalue weighted by molar-refractivity contribution is 0.187. The number of para-hydroxylation sites is 2. The van der Waals surface area contributed by atoms with Crippen LogP contribution in [0, 0.1) is 5.92 Å². The topological polar surface area (TPSA) is 39.1 Å². The van der Waals surface area contributed by atoms with Crippen molar-refractivity contribution < 1.29 is 4.74 Å². The van der Waals surface area contributed by atoms with Gasteiger partial charge in [-0.05, 0) is 50.4 Å². The molecular formula is C17H25N3O. The minimum absolute atomic E-state index is 0.737. The first-order valence-corrected chi connectivity index (χ1v) is 8.02. The van der Waals surface area contributed by atoms with Gasteiger partial charge in [-0.1, -0.05) is 12.1 Å². The summed E-state index contributed by atoms with van der Waals surface area (Å²) in [6.45, 7) is 3.97. The number of hydrogen-bond acceptors (Lipinski definition) is 3. The number of nitrogens with zero attached hydrogens (tertiary/aromatic N) is 2. The van der Waals surface area contributed by atoms with E-state index in [1.165, 1.54) is 43.7 Å². The maximum Gasteiger partial charge on any atom is 0.109 e. The molecule has 4 heteroatoms. The van der Waals surface area contributed by atoms with E-state index >= 15 is 0 Å². The average molecular weight is 287 g/mol. The highest BCUT2D eigenvalue weighted by Gasteiger charge is 2.15. The van der Waals surface area contributed by atoms with Crippen LogP contribution in [0.5, 0.6) is 0 Å². The average Bonchev–Trinajstić information content (AvgIpc) is 2.89. The number of rotatable bonds is 6. The summed E-state index contributed by atoms with van der Waals surface area (Å²) in [6, 6.07) is 8.41. The number of hydrogen-bond donors (Lipinski definition) is 1. The van der Waals surface area contributed by atoms with Gasteiger partial charge in [-0.2, -0.15) is 0 Å². The molecule has 1 aliphatic rings. The molecule has 0 aliphatic carbocycles. The zero-order valence-corrected chi connectivity index (χ0v) is 12.8. The normalized spacial score (nSPS) is 16.6. The van der Waals surface area contributed by atoms with Crippen molar-refractivity contribution in [1.82, 2.24) is 14.9 Å². The summed E-state index contributed by atoms with van der Waals surface area (Å²) in [4.78, 5) is 4.84. The van der Waals surface area contributed by atoms with Crippen LogP contribution >= 0.6 is 0 Å². The number of aryl methyl sites for hydroxylation is 1. The molecule has 0 bridgehead atoms. The lowest BCUT2D eigenvalue weighted by Gasteiger charge is -2.22. The molecule has 1 aromatic heterocycles. The van der Waals surface area contributed by atoms with Crippen molar-refractivity contribution in [1.29, 1.82) is 0 Å². The van der Waals surface area contributed by atoms with Gasteiger partial charge in [0.25, 0.3) is 0 Å². The van der Waals surface area contributed by atoms with Crippen LogP contribution in [0.4, 0.5) is 0 Å². The lowest BCUT2D eigenvalue weighted by Crippen LogP contribution is -2.28. The zero-order valence-electron chi connectivity index (χ0n) is 12.8. The summed E-state index contributed by atoms with van der Waals surface area (Å²) < 4.78 is 7.59. The third-order valence-electron chi connectivity index (χ3n) is 4.49. The van der Waals surface area contributed by atoms with Crippen molar-refractivity contribution in [2.45, 2.75) is 32.2 Å². The fourth-order valence-electron chi connectivity index (χ4n) is 3.25. The highest BCUT2D eigenvalue weighted by Crippen LogP contribution is 2.21. The van der Waals surface area contributed by atoms with Gasteiger partial charge < -0.3 is 14.6 Å². The van der Waals surface area contributed by atoms with E-state index in [0.717, 1.165) is 31.0 Å². The van der Waals surface area contributed by atoms with E-state index in [1.54, 1.807) is 7.11 Å². The molecular weight excluding hydrogens is 262 g/mol. The standard InChI is InChI=1S/C17H25N3O/c1-21-13-12-20-16-5-3-2-4-15(16)19-17(20)7-6-14-8-10-18-11-9-14/h2-5,14,18H,6-13H2,1H3. The molecule has 0 atom stereocenters. The molecule has 0 amide bonds. The number of nitrogens with one attached hydrogen (secondary N) is 1. The number of benzene rings is 1. The van der Waals surface area contributed by atoms with Crippen molar-refractivity contribution in [3.63, 3.8) is 0 Å². The largest absolute Gasteiger partial charge is 0.383 e. The van der Waals surface area contributed by atoms with Crippen molar-refractivity contribution in [3.8, 4) is 0 Å². The Morgan fingerprint density at radius 2 is 2.10 bits per heavy atom. The summed E-state index contributed by atoms with van der Waals surface area (Å²) in [6.07, 6.45) is 4.93.